The summed E-state index contributed by atoms with van der Waals surface area (Å²) in [5.74, 6) is 0. The fraction of sp³-hybridized carbons (Fsp3) is 0.625. The molecule has 9 heavy (non-hydrogen) atoms. The van der Waals surface area contributed by atoms with Crippen molar-refractivity contribution in [2.45, 2.75) is 13.3 Å². The van der Waals surface area contributed by atoms with E-state index in [2.05, 4.69) is 33.1 Å². The van der Waals surface area contributed by atoms with Crippen LogP contribution in [0.1, 0.15) is 13.3 Å². The molecule has 0 aliphatic heterocycles. The van der Waals surface area contributed by atoms with E-state index in [-0.39, 0.29) is 0 Å². The maximum atomic E-state index is 4.11. The Bertz CT molecular complexity index is 139. The Morgan fingerprint density at radius 1 is 1.44 bits per heavy atom. The lowest BCUT2D eigenvalue weighted by atomic mass is 10.3. The van der Waals surface area contributed by atoms with E-state index in [0.29, 0.717) is 0 Å². The lowest BCUT2D eigenvalue weighted by Crippen LogP contribution is -1.88. The second kappa shape index (κ2) is 3.27. The average molecular weight is 144 g/mol. The number of rotatable bonds is 3. The van der Waals surface area contributed by atoms with Crippen molar-refractivity contribution < 1.29 is 0 Å². The van der Waals surface area contributed by atoms with Gasteiger partial charge in [-0.2, -0.15) is 0 Å². The van der Waals surface area contributed by atoms with Crippen molar-refractivity contribution in [1.29, 1.82) is 0 Å². The van der Waals surface area contributed by atoms with Crippen LogP contribution in [0.15, 0.2) is 12.2 Å². The summed E-state index contributed by atoms with van der Waals surface area (Å²) < 4.78 is 0. The second-order valence-corrected chi connectivity index (χ2v) is 7.39. The zero-order chi connectivity index (χ0) is 7.49. The van der Waals surface area contributed by atoms with Gasteiger partial charge in [0, 0.05) is 0 Å². The molecule has 0 aromatic heterocycles. The minimum Gasteiger partial charge on any atom is -0.114 e. The predicted octanol–water partition coefficient (Wildman–Crippen LogP) is 2.66. The van der Waals surface area contributed by atoms with Crippen LogP contribution in [0.25, 0.3) is 0 Å². The van der Waals surface area contributed by atoms with Crippen LogP contribution in [0.2, 0.25) is 0 Å². The molecular weight excluding hydrogens is 127 g/mol. The summed E-state index contributed by atoms with van der Waals surface area (Å²) in [6.45, 7) is 9.75. The van der Waals surface area contributed by atoms with Gasteiger partial charge in [0.1, 0.15) is 0 Å². The quantitative estimate of drug-likeness (QED) is 0.422. The van der Waals surface area contributed by atoms with E-state index in [4.69, 9.17) is 0 Å². The predicted molar refractivity (Wildman–Crippen MR) is 50.2 cm³/mol. The molecule has 0 saturated heterocycles. The molecule has 0 nitrogen and oxygen atoms in total. The van der Waals surface area contributed by atoms with Gasteiger partial charge >= 0.3 is 0 Å². The smallest absolute Gasteiger partial charge is 0.0128 e. The first-order valence-corrected chi connectivity index (χ1v) is 6.35. The largest absolute Gasteiger partial charge is 0.114 e. The minimum absolute atomic E-state index is 0.838. The Kier molecular flexibility index (Phi) is 3.28. The molecule has 0 aromatic carbocycles. The molecule has 0 fully saturated rings. The Labute approximate surface area is 58.9 Å². The highest BCUT2D eigenvalue weighted by Crippen LogP contribution is 2.37. The monoisotopic (exact) mass is 144 g/mol. The van der Waals surface area contributed by atoms with Crippen molar-refractivity contribution in [2.75, 3.05) is 19.5 Å². The molecule has 0 amide bonds. The van der Waals surface area contributed by atoms with Gasteiger partial charge in [0.15, 0.2) is 0 Å². The van der Waals surface area contributed by atoms with E-state index < -0.39 is 6.89 Å². The molecule has 0 spiro atoms. The Morgan fingerprint density at radius 3 is 2.00 bits per heavy atom. The van der Waals surface area contributed by atoms with Crippen LogP contribution in [0, 0.1) is 0 Å². The van der Waals surface area contributed by atoms with Crippen LogP contribution in [-0.2, 0) is 0 Å². The lowest BCUT2D eigenvalue weighted by Gasteiger charge is -2.12. The van der Waals surface area contributed by atoms with Crippen molar-refractivity contribution >= 4 is 13.2 Å². The highest BCUT2D eigenvalue weighted by atomic mass is 31.2. The first-order valence-electron chi connectivity index (χ1n) is 3.29. The summed E-state index contributed by atoms with van der Waals surface area (Å²) >= 11 is 0. The van der Waals surface area contributed by atoms with Gasteiger partial charge in [0.25, 0.3) is 0 Å². The molecule has 0 aromatic rings. The molecule has 0 saturated carbocycles. The van der Waals surface area contributed by atoms with Crippen molar-refractivity contribution in [1.82, 2.24) is 0 Å². The normalized spacial score (nSPS) is 11.4. The second-order valence-electron chi connectivity index (χ2n) is 3.20. The zero-order valence-corrected chi connectivity index (χ0v) is 7.67. The molecule has 54 valence electrons. The molecule has 0 aliphatic rings. The fourth-order valence-electron chi connectivity index (χ4n) is 0.717. The molecule has 0 atom stereocenters. The van der Waals surface area contributed by atoms with E-state index >= 15 is 0 Å². The SMILES string of the molecule is C=C(CC)CP(=C)(C)C. The molecular formula is C8H17P. The van der Waals surface area contributed by atoms with Crippen molar-refractivity contribution in [3.8, 4) is 0 Å². The van der Waals surface area contributed by atoms with Gasteiger partial charge in [-0.25, -0.2) is 0 Å². The third kappa shape index (κ3) is 5.92. The first-order chi connectivity index (χ1) is 3.95. The van der Waals surface area contributed by atoms with E-state index in [0.717, 1.165) is 12.6 Å². The Morgan fingerprint density at radius 2 is 1.89 bits per heavy atom. The van der Waals surface area contributed by atoms with Gasteiger partial charge in [-0.1, -0.05) is 19.1 Å². The van der Waals surface area contributed by atoms with Gasteiger partial charge in [0.05, 0.1) is 0 Å². The molecule has 1 heteroatoms. The molecule has 0 rings (SSSR count). The number of allylic oxidation sites excluding steroid dienone is 1. The van der Waals surface area contributed by atoms with Gasteiger partial charge in [-0.3, -0.25) is 0 Å². The van der Waals surface area contributed by atoms with Gasteiger partial charge in [-0.15, -0.1) is 13.2 Å². The summed E-state index contributed by atoms with van der Waals surface area (Å²) in [6, 6.07) is 0. The molecule has 0 bridgehead atoms. The van der Waals surface area contributed by atoms with Crippen molar-refractivity contribution in [3.63, 3.8) is 0 Å². The number of hydrogen-bond acceptors (Lipinski definition) is 0. The number of hydrogen-bond donors (Lipinski definition) is 0. The van der Waals surface area contributed by atoms with Crippen LogP contribution >= 0.6 is 6.89 Å². The van der Waals surface area contributed by atoms with Gasteiger partial charge in [-0.05, 0) is 25.9 Å². The van der Waals surface area contributed by atoms with Crippen LogP contribution < -0.4 is 0 Å². The minimum atomic E-state index is -0.838. The molecule has 0 unspecified atom stereocenters. The van der Waals surface area contributed by atoms with E-state index in [1.54, 1.807) is 0 Å². The Balaban J connectivity index is 3.75. The average Bonchev–Trinajstić information content (AvgIpc) is 1.62. The van der Waals surface area contributed by atoms with E-state index in [1.807, 2.05) is 0 Å². The molecule has 0 heterocycles. The zero-order valence-electron chi connectivity index (χ0n) is 6.78. The van der Waals surface area contributed by atoms with Gasteiger partial charge in [0.2, 0.25) is 0 Å². The maximum absolute atomic E-state index is 4.11. The van der Waals surface area contributed by atoms with E-state index in [9.17, 15) is 0 Å². The molecule has 0 radical (unpaired) electrons. The van der Waals surface area contributed by atoms with Crippen LogP contribution in [0.4, 0.5) is 0 Å². The van der Waals surface area contributed by atoms with E-state index in [1.165, 1.54) is 5.57 Å². The van der Waals surface area contributed by atoms with Crippen LogP contribution in [-0.4, -0.2) is 25.8 Å². The summed E-state index contributed by atoms with van der Waals surface area (Å²) in [5, 5.41) is 0. The first kappa shape index (κ1) is 9.04. The highest BCUT2D eigenvalue weighted by Gasteiger charge is 1.99. The van der Waals surface area contributed by atoms with Crippen molar-refractivity contribution in [2.24, 2.45) is 0 Å². The maximum Gasteiger partial charge on any atom is -0.0128 e. The summed E-state index contributed by atoms with van der Waals surface area (Å²) in [5.41, 5.74) is 1.35. The summed E-state index contributed by atoms with van der Waals surface area (Å²) in [7, 11) is 0. The lowest BCUT2D eigenvalue weighted by molar-refractivity contribution is 1.11. The third-order valence-electron chi connectivity index (χ3n) is 1.15. The highest BCUT2D eigenvalue weighted by molar-refractivity contribution is 7.72. The summed E-state index contributed by atoms with van der Waals surface area (Å²) in [6.07, 6.45) is 6.37. The fourth-order valence-corrected chi connectivity index (χ4v) is 2.15. The topological polar surface area (TPSA) is 0 Å². The Hall–Kier alpha value is 0.0400. The third-order valence-corrected chi connectivity index (χ3v) is 2.45. The van der Waals surface area contributed by atoms with Crippen LogP contribution in [0.3, 0.4) is 0 Å². The molecule has 0 aliphatic carbocycles. The van der Waals surface area contributed by atoms with Crippen LogP contribution in [0.5, 0.6) is 0 Å². The molecule has 0 N–H and O–H groups in total. The standard InChI is InChI=1S/C8H17P/c1-6-8(2)7-9(3,4)5/h2-3,6-7H2,1,4-5H3. The van der Waals surface area contributed by atoms with Gasteiger partial charge < -0.3 is 0 Å². The summed E-state index contributed by atoms with van der Waals surface area (Å²) in [4.78, 5) is 0. The van der Waals surface area contributed by atoms with Crippen molar-refractivity contribution in [3.05, 3.63) is 12.2 Å².